The maximum Gasteiger partial charge on any atom is 0.260 e. The van der Waals surface area contributed by atoms with Crippen molar-refractivity contribution in [1.29, 1.82) is 0 Å². The Kier molecular flexibility index (Phi) is 5.98. The maximum absolute atomic E-state index is 14.3. The number of hydrogen-bond donors (Lipinski definition) is 2. The van der Waals surface area contributed by atoms with Gasteiger partial charge in [0.2, 0.25) is 5.91 Å². The molecule has 3 aromatic rings. The van der Waals surface area contributed by atoms with Crippen molar-refractivity contribution in [1.82, 2.24) is 0 Å². The quantitative estimate of drug-likeness (QED) is 0.384. The number of rotatable bonds is 6. The van der Waals surface area contributed by atoms with Crippen molar-refractivity contribution in [3.8, 4) is 16.9 Å². The molecule has 2 aliphatic carbocycles. The largest absolute Gasteiger partial charge is 0.488 e. The van der Waals surface area contributed by atoms with Gasteiger partial charge in [-0.2, -0.15) is 0 Å². The van der Waals surface area contributed by atoms with E-state index in [1.165, 1.54) is 24.6 Å². The summed E-state index contributed by atoms with van der Waals surface area (Å²) in [4.78, 5) is 24.6. The third-order valence-corrected chi connectivity index (χ3v) is 7.70. The summed E-state index contributed by atoms with van der Waals surface area (Å²) in [7, 11) is 0. The highest BCUT2D eigenvalue weighted by Crippen LogP contribution is 2.63. The molecular weight excluding hydrogens is 490 g/mol. The Labute approximate surface area is 212 Å². The number of ether oxygens (including phenoxy) is 1. The number of carbonyl (C=O) groups is 2. The summed E-state index contributed by atoms with van der Waals surface area (Å²) in [6.07, 6.45) is 3.06. The lowest BCUT2D eigenvalue weighted by Crippen LogP contribution is -2.19. The molecule has 35 heavy (non-hydrogen) atoms. The summed E-state index contributed by atoms with van der Waals surface area (Å²) < 4.78 is 20.7. The Morgan fingerprint density at radius 3 is 2.57 bits per heavy atom. The summed E-state index contributed by atoms with van der Waals surface area (Å²) in [6, 6.07) is 14.0. The van der Waals surface area contributed by atoms with Gasteiger partial charge < -0.3 is 15.8 Å². The van der Waals surface area contributed by atoms with Crippen molar-refractivity contribution >= 4 is 40.7 Å². The van der Waals surface area contributed by atoms with Gasteiger partial charge in [-0.3, -0.25) is 9.59 Å². The average molecular weight is 513 g/mol. The maximum atomic E-state index is 14.3. The zero-order chi connectivity index (χ0) is 24.9. The number of amides is 2. The van der Waals surface area contributed by atoms with Gasteiger partial charge in [0.1, 0.15) is 11.6 Å². The highest BCUT2D eigenvalue weighted by Gasteiger charge is 2.57. The van der Waals surface area contributed by atoms with Gasteiger partial charge >= 0.3 is 0 Å². The molecule has 2 fully saturated rings. The first-order valence-corrected chi connectivity index (χ1v) is 12.1. The molecule has 180 valence electrons. The molecule has 0 radical (unpaired) electrons. The minimum Gasteiger partial charge on any atom is -0.488 e. The highest BCUT2D eigenvalue weighted by atomic mass is 35.5. The number of carbonyl (C=O) groups excluding carboxylic acids is 2. The Balaban J connectivity index is 1.51. The Morgan fingerprint density at radius 1 is 1.09 bits per heavy atom. The van der Waals surface area contributed by atoms with E-state index in [9.17, 15) is 14.0 Å². The van der Waals surface area contributed by atoms with Crippen LogP contribution in [0.15, 0.2) is 54.6 Å². The zero-order valence-corrected chi connectivity index (χ0v) is 20.4. The second kappa shape index (κ2) is 8.85. The molecule has 0 heterocycles. The number of primary amides is 1. The predicted octanol–water partition coefficient (Wildman–Crippen LogP) is 6.72. The van der Waals surface area contributed by atoms with Crippen LogP contribution >= 0.6 is 23.2 Å². The second-order valence-corrected chi connectivity index (χ2v) is 10.4. The van der Waals surface area contributed by atoms with Crippen LogP contribution in [-0.2, 0) is 0 Å². The summed E-state index contributed by atoms with van der Waals surface area (Å²) >= 11 is 12.5. The van der Waals surface area contributed by atoms with E-state index < -0.39 is 17.6 Å². The normalized spacial score (nSPS) is 22.4. The molecule has 3 aromatic carbocycles. The molecular formula is C27H23Cl2FN2O3. The molecule has 2 amide bonds. The molecule has 5 rings (SSSR count). The van der Waals surface area contributed by atoms with Gasteiger partial charge in [-0.05, 0) is 78.6 Å². The predicted molar refractivity (Wildman–Crippen MR) is 135 cm³/mol. The molecule has 0 spiro atoms. The van der Waals surface area contributed by atoms with E-state index in [4.69, 9.17) is 33.7 Å². The van der Waals surface area contributed by atoms with Crippen LogP contribution in [0.3, 0.4) is 0 Å². The molecule has 0 aromatic heterocycles. The smallest absolute Gasteiger partial charge is 0.260 e. The SMILES string of the molecule is CC12C[C@@H](Oc3cc(-c4cc(C(N)=O)ccc4Cl)ccc3NC(=O)c3c(F)cccc3Cl)C[C@@H]1C2. The van der Waals surface area contributed by atoms with Gasteiger partial charge in [-0.25, -0.2) is 4.39 Å². The Bertz CT molecular complexity index is 1340. The number of fused-ring (bicyclic) bond motifs is 1. The van der Waals surface area contributed by atoms with Crippen molar-refractivity contribution in [2.24, 2.45) is 17.1 Å². The molecule has 3 N–H and O–H groups in total. The fraction of sp³-hybridized carbons (Fsp3) is 0.259. The monoisotopic (exact) mass is 512 g/mol. The van der Waals surface area contributed by atoms with Crippen molar-refractivity contribution in [2.45, 2.75) is 32.3 Å². The van der Waals surface area contributed by atoms with Gasteiger partial charge in [-0.1, -0.05) is 42.3 Å². The van der Waals surface area contributed by atoms with Crippen molar-refractivity contribution in [2.75, 3.05) is 5.32 Å². The number of hydrogen-bond acceptors (Lipinski definition) is 3. The second-order valence-electron chi connectivity index (χ2n) is 9.56. The van der Waals surface area contributed by atoms with Crippen LogP contribution in [0.2, 0.25) is 10.0 Å². The molecule has 1 unspecified atom stereocenters. The van der Waals surface area contributed by atoms with Crippen molar-refractivity contribution in [3.05, 3.63) is 81.6 Å². The molecule has 5 nitrogen and oxygen atoms in total. The van der Waals surface area contributed by atoms with Gasteiger partial charge in [0.15, 0.2) is 0 Å². The van der Waals surface area contributed by atoms with Crippen LogP contribution in [0.5, 0.6) is 5.75 Å². The third-order valence-electron chi connectivity index (χ3n) is 7.05. The summed E-state index contributed by atoms with van der Waals surface area (Å²) in [5.41, 5.74) is 7.50. The number of anilines is 1. The third kappa shape index (κ3) is 4.60. The van der Waals surface area contributed by atoms with E-state index >= 15 is 0 Å². The number of nitrogens with one attached hydrogen (secondary N) is 1. The molecule has 2 saturated carbocycles. The van der Waals surface area contributed by atoms with Gasteiger partial charge in [0.05, 0.1) is 22.4 Å². The molecule has 8 heteroatoms. The van der Waals surface area contributed by atoms with Crippen LogP contribution < -0.4 is 15.8 Å². The number of nitrogens with two attached hydrogens (primary N) is 1. The Hall–Kier alpha value is -3.09. The molecule has 0 bridgehead atoms. The van der Waals surface area contributed by atoms with Gasteiger partial charge in [-0.15, -0.1) is 0 Å². The topological polar surface area (TPSA) is 81.4 Å². The van der Waals surface area contributed by atoms with E-state index in [2.05, 4.69) is 12.2 Å². The molecule has 2 aliphatic rings. The fourth-order valence-corrected chi connectivity index (χ4v) is 5.48. The van der Waals surface area contributed by atoms with Crippen molar-refractivity contribution in [3.63, 3.8) is 0 Å². The first kappa shape index (κ1) is 23.6. The summed E-state index contributed by atoms with van der Waals surface area (Å²) in [5.74, 6) is -0.886. The van der Waals surface area contributed by atoms with Crippen LogP contribution in [-0.4, -0.2) is 17.9 Å². The lowest BCUT2D eigenvalue weighted by atomic mass is 10.0. The lowest BCUT2D eigenvalue weighted by Gasteiger charge is -2.21. The van der Waals surface area contributed by atoms with E-state index in [1.807, 2.05) is 0 Å². The van der Waals surface area contributed by atoms with E-state index in [0.29, 0.717) is 44.5 Å². The molecule has 0 saturated heterocycles. The van der Waals surface area contributed by atoms with E-state index in [1.54, 1.807) is 36.4 Å². The van der Waals surface area contributed by atoms with Crippen LogP contribution in [0, 0.1) is 17.2 Å². The lowest BCUT2D eigenvalue weighted by molar-refractivity contribution is 0.0997. The summed E-state index contributed by atoms with van der Waals surface area (Å²) in [6.45, 7) is 2.26. The highest BCUT2D eigenvalue weighted by molar-refractivity contribution is 6.34. The number of benzene rings is 3. The summed E-state index contributed by atoms with van der Waals surface area (Å²) in [5, 5.41) is 3.19. The first-order chi connectivity index (χ1) is 16.6. The first-order valence-electron chi connectivity index (χ1n) is 11.3. The van der Waals surface area contributed by atoms with Crippen LogP contribution in [0.25, 0.3) is 11.1 Å². The number of halogens is 3. The zero-order valence-electron chi connectivity index (χ0n) is 18.9. The fourth-order valence-electron chi connectivity index (χ4n) is 5.00. The average Bonchev–Trinajstić information content (AvgIpc) is 3.31. The van der Waals surface area contributed by atoms with E-state index in [0.717, 1.165) is 12.8 Å². The standard InChI is InChI=1S/C27H23Cl2FN2O3/c1-27-12-16(27)11-17(13-27)35-23-10-14(18-9-15(25(31)33)5-7-19(18)28)6-8-22(23)32-26(34)24-20(29)3-2-4-21(24)30/h2-10,16-17H,11-13H2,1H3,(H2,31,33)(H,32,34)/t16-,17+,27?/m1/s1. The molecule has 0 aliphatic heterocycles. The van der Waals surface area contributed by atoms with E-state index in [-0.39, 0.29) is 16.7 Å². The minimum absolute atomic E-state index is 0.00544. The Morgan fingerprint density at radius 2 is 1.89 bits per heavy atom. The van der Waals surface area contributed by atoms with Crippen molar-refractivity contribution < 1.29 is 18.7 Å². The van der Waals surface area contributed by atoms with Gasteiger partial charge in [0.25, 0.3) is 5.91 Å². The van der Waals surface area contributed by atoms with Gasteiger partial charge in [0, 0.05) is 16.1 Å². The minimum atomic E-state index is -0.715. The van der Waals surface area contributed by atoms with Crippen LogP contribution in [0.4, 0.5) is 10.1 Å². The molecule has 3 atom stereocenters. The van der Waals surface area contributed by atoms with Crippen LogP contribution in [0.1, 0.15) is 46.9 Å².